The van der Waals surface area contributed by atoms with Crippen molar-refractivity contribution in [2.75, 3.05) is 16.8 Å². The number of rotatable bonds is 6. The maximum atomic E-state index is 4.64. The van der Waals surface area contributed by atoms with Gasteiger partial charge in [-0.2, -0.15) is 0 Å². The summed E-state index contributed by atoms with van der Waals surface area (Å²) < 4.78 is 0. The van der Waals surface area contributed by atoms with Gasteiger partial charge in [0, 0.05) is 60.7 Å². The van der Waals surface area contributed by atoms with E-state index in [9.17, 15) is 0 Å². The first kappa shape index (κ1) is 25.6. The van der Waals surface area contributed by atoms with Crippen molar-refractivity contribution in [3.8, 4) is 11.3 Å². The summed E-state index contributed by atoms with van der Waals surface area (Å²) in [5.74, 6) is 0.846. The van der Waals surface area contributed by atoms with E-state index < -0.39 is 0 Å². The number of pyridine rings is 1. The molecule has 4 nitrogen and oxygen atoms in total. The van der Waals surface area contributed by atoms with Gasteiger partial charge in [0.05, 0.1) is 5.69 Å². The Morgan fingerprint density at radius 2 is 1.49 bits per heavy atom. The predicted molar refractivity (Wildman–Crippen MR) is 170 cm³/mol. The second-order valence-corrected chi connectivity index (χ2v) is 12.0. The summed E-state index contributed by atoms with van der Waals surface area (Å²) >= 11 is 0. The summed E-state index contributed by atoms with van der Waals surface area (Å²) in [6, 6.07) is 33.3. The normalized spacial score (nSPS) is 24.6. The summed E-state index contributed by atoms with van der Waals surface area (Å²) in [5, 5.41) is 0. The molecule has 4 heteroatoms. The molecule has 1 aromatic heterocycles. The van der Waals surface area contributed by atoms with E-state index in [2.05, 4.69) is 150 Å². The molecule has 0 amide bonds. The van der Waals surface area contributed by atoms with Crippen molar-refractivity contribution in [1.29, 1.82) is 0 Å². The molecule has 0 fully saturated rings. The van der Waals surface area contributed by atoms with Gasteiger partial charge in [-0.05, 0) is 73.1 Å². The summed E-state index contributed by atoms with van der Waals surface area (Å²) in [5.41, 5.74) is 9.06. The Morgan fingerprint density at radius 3 is 2.32 bits per heavy atom. The highest BCUT2D eigenvalue weighted by atomic mass is 15.4. The third kappa shape index (κ3) is 4.33. The molecule has 3 aromatic carbocycles. The molecule has 4 heterocycles. The van der Waals surface area contributed by atoms with E-state index in [-0.39, 0.29) is 5.66 Å². The van der Waals surface area contributed by atoms with Crippen LogP contribution in [0.3, 0.4) is 0 Å². The average Bonchev–Trinajstić information content (AvgIpc) is 3.54. The molecule has 3 aliphatic heterocycles. The molecule has 0 radical (unpaired) electrons. The lowest BCUT2D eigenvalue weighted by Gasteiger charge is -2.51. The minimum absolute atomic E-state index is 0.0678. The lowest BCUT2D eigenvalue weighted by molar-refractivity contribution is 0.177. The first-order valence-corrected chi connectivity index (χ1v) is 14.9. The van der Waals surface area contributed by atoms with Crippen molar-refractivity contribution in [2.24, 2.45) is 5.92 Å². The van der Waals surface area contributed by atoms with Gasteiger partial charge in [0.2, 0.25) is 0 Å². The van der Waals surface area contributed by atoms with E-state index in [1.165, 1.54) is 33.6 Å². The first-order valence-electron chi connectivity index (χ1n) is 14.9. The van der Waals surface area contributed by atoms with Crippen LogP contribution in [0.1, 0.15) is 42.9 Å². The van der Waals surface area contributed by atoms with Gasteiger partial charge < -0.3 is 14.7 Å². The summed E-state index contributed by atoms with van der Waals surface area (Å²) in [6.07, 6.45) is 14.1. The standard InChI is InChI=1S/C37H38N4/c1-27-21-23-40(36(27)32-26-37(2)39(3)24-25-41(37)35-18-9-7-15-31(32)35)34-17-8-5-13-29(34)20-19-28-12-4-6-14-30(28)33-16-10-11-22-38-33/h4-18,21-25,27,32,36H,19-20,26H2,1-3H3/t27?,32?,36?,37-/m0/s1. The van der Waals surface area contributed by atoms with E-state index in [0.29, 0.717) is 17.9 Å². The molecule has 4 aromatic rings. The smallest absolute Gasteiger partial charge is 0.114 e. The van der Waals surface area contributed by atoms with Gasteiger partial charge in [-0.1, -0.05) is 79.7 Å². The maximum absolute atomic E-state index is 4.64. The number of benzene rings is 3. The molecule has 0 bridgehead atoms. The van der Waals surface area contributed by atoms with Gasteiger partial charge in [-0.3, -0.25) is 4.98 Å². The number of nitrogens with zero attached hydrogens (tertiary/aromatic N) is 4. The van der Waals surface area contributed by atoms with E-state index in [1.807, 2.05) is 12.3 Å². The Bertz CT molecular complexity index is 1610. The zero-order valence-corrected chi connectivity index (χ0v) is 24.2. The molecule has 0 N–H and O–H groups in total. The van der Waals surface area contributed by atoms with Crippen LogP contribution in [-0.4, -0.2) is 28.6 Å². The van der Waals surface area contributed by atoms with Crippen LogP contribution >= 0.6 is 0 Å². The lowest BCUT2D eigenvalue weighted by atomic mass is 9.75. The maximum Gasteiger partial charge on any atom is 0.114 e. The second kappa shape index (κ2) is 10.3. The number of para-hydroxylation sites is 2. The van der Waals surface area contributed by atoms with Gasteiger partial charge in [-0.25, -0.2) is 0 Å². The minimum Gasteiger partial charge on any atom is -0.356 e. The van der Waals surface area contributed by atoms with E-state index in [4.69, 9.17) is 0 Å². The third-order valence-electron chi connectivity index (χ3n) is 9.63. The topological polar surface area (TPSA) is 22.6 Å². The van der Waals surface area contributed by atoms with Gasteiger partial charge in [0.25, 0.3) is 0 Å². The Hall–Kier alpha value is -4.31. The van der Waals surface area contributed by atoms with Crippen LogP contribution in [0.4, 0.5) is 11.4 Å². The van der Waals surface area contributed by atoms with Crippen LogP contribution in [0.15, 0.2) is 122 Å². The van der Waals surface area contributed by atoms with E-state index in [1.54, 1.807) is 0 Å². The van der Waals surface area contributed by atoms with Crippen molar-refractivity contribution in [3.05, 3.63) is 139 Å². The lowest BCUT2D eigenvalue weighted by Crippen LogP contribution is -2.55. The fourth-order valence-corrected chi connectivity index (χ4v) is 7.34. The Balaban J connectivity index is 1.21. The molecule has 0 saturated carbocycles. The minimum atomic E-state index is -0.0678. The van der Waals surface area contributed by atoms with Crippen molar-refractivity contribution in [2.45, 2.75) is 50.7 Å². The Morgan fingerprint density at radius 1 is 0.780 bits per heavy atom. The third-order valence-corrected chi connectivity index (χ3v) is 9.63. The molecule has 7 rings (SSSR count). The molecule has 4 atom stereocenters. The summed E-state index contributed by atoms with van der Waals surface area (Å²) in [4.78, 5) is 12.1. The monoisotopic (exact) mass is 538 g/mol. The second-order valence-electron chi connectivity index (χ2n) is 12.0. The highest BCUT2D eigenvalue weighted by Crippen LogP contribution is 2.52. The highest BCUT2D eigenvalue weighted by molar-refractivity contribution is 5.67. The van der Waals surface area contributed by atoms with Gasteiger partial charge in [-0.15, -0.1) is 0 Å². The van der Waals surface area contributed by atoms with Gasteiger partial charge >= 0.3 is 0 Å². The van der Waals surface area contributed by atoms with Gasteiger partial charge in [0.1, 0.15) is 5.66 Å². The molecular formula is C37H38N4. The molecule has 206 valence electrons. The molecule has 0 spiro atoms. The van der Waals surface area contributed by atoms with Crippen LogP contribution in [0, 0.1) is 5.92 Å². The zero-order valence-electron chi connectivity index (χ0n) is 24.2. The largest absolute Gasteiger partial charge is 0.356 e. The fourth-order valence-electron chi connectivity index (χ4n) is 7.34. The number of hydrogen-bond acceptors (Lipinski definition) is 4. The summed E-state index contributed by atoms with van der Waals surface area (Å²) in [6.45, 7) is 4.78. The first-order chi connectivity index (χ1) is 20.0. The number of aryl methyl sites for hydroxylation is 2. The van der Waals surface area contributed by atoms with Crippen LogP contribution < -0.4 is 9.80 Å². The number of anilines is 2. The van der Waals surface area contributed by atoms with E-state index >= 15 is 0 Å². The number of fused-ring (bicyclic) bond motifs is 3. The zero-order chi connectivity index (χ0) is 28.0. The number of aromatic nitrogens is 1. The Labute approximate surface area is 244 Å². The SMILES string of the molecule is CC1C=CN(c2ccccc2CCc2ccccc2-c2ccccn2)C1C1C[C@@]2(C)N(C)C=CN2c2ccccc21. The molecule has 0 aliphatic carbocycles. The van der Waals surface area contributed by atoms with Crippen molar-refractivity contribution in [1.82, 2.24) is 9.88 Å². The van der Waals surface area contributed by atoms with E-state index in [0.717, 1.165) is 25.0 Å². The van der Waals surface area contributed by atoms with Crippen molar-refractivity contribution in [3.63, 3.8) is 0 Å². The van der Waals surface area contributed by atoms with Crippen LogP contribution in [0.2, 0.25) is 0 Å². The average molecular weight is 539 g/mol. The van der Waals surface area contributed by atoms with Crippen LogP contribution in [0.25, 0.3) is 11.3 Å². The number of hydrogen-bond donors (Lipinski definition) is 0. The van der Waals surface area contributed by atoms with Gasteiger partial charge in [0.15, 0.2) is 0 Å². The quantitative estimate of drug-likeness (QED) is 0.248. The molecule has 3 aliphatic rings. The van der Waals surface area contributed by atoms with Crippen LogP contribution in [0.5, 0.6) is 0 Å². The predicted octanol–water partition coefficient (Wildman–Crippen LogP) is 8.00. The summed E-state index contributed by atoms with van der Waals surface area (Å²) in [7, 11) is 2.22. The molecule has 41 heavy (non-hydrogen) atoms. The molecule has 3 unspecified atom stereocenters. The fraction of sp³-hybridized carbons (Fsp3) is 0.270. The van der Waals surface area contributed by atoms with Crippen LogP contribution in [-0.2, 0) is 12.8 Å². The van der Waals surface area contributed by atoms with Crippen molar-refractivity contribution < 1.29 is 0 Å². The Kier molecular flexibility index (Phi) is 6.42. The molecule has 0 saturated heterocycles. The molecular weight excluding hydrogens is 500 g/mol. The highest BCUT2D eigenvalue weighted by Gasteiger charge is 2.49. The van der Waals surface area contributed by atoms with Crippen molar-refractivity contribution >= 4 is 11.4 Å².